The van der Waals surface area contributed by atoms with E-state index < -0.39 is 5.56 Å². The molecule has 134 valence electrons. The molecule has 0 fully saturated rings. The first kappa shape index (κ1) is 19.6. The number of aromatic nitrogens is 1. The Hall–Kier alpha value is -2.72. The van der Waals surface area contributed by atoms with E-state index >= 15 is 0 Å². The molecule has 2 aromatic rings. The predicted molar refractivity (Wildman–Crippen MR) is 106 cm³/mol. The molecule has 3 N–H and O–H groups in total. The summed E-state index contributed by atoms with van der Waals surface area (Å²) in [6.45, 7) is 2.62. The molecule has 0 radical (unpaired) electrons. The number of unbranched alkanes of at least 4 members (excludes halogenated alkanes) is 1. The number of methoxy groups -OCH3 is 1. The highest BCUT2D eigenvalue weighted by atomic mass is 127. The zero-order chi connectivity index (χ0) is 19.3. The highest BCUT2D eigenvalue weighted by Crippen LogP contribution is 2.39. The zero-order valence-electron chi connectivity index (χ0n) is 14.4. The van der Waals surface area contributed by atoms with Gasteiger partial charge in [-0.15, -0.1) is 0 Å². The molecule has 1 aromatic heterocycles. The zero-order valence-corrected chi connectivity index (χ0v) is 16.5. The van der Waals surface area contributed by atoms with Crippen LogP contribution in [0, 0.1) is 26.2 Å². The lowest BCUT2D eigenvalue weighted by molar-refractivity contribution is 0.286. The second kappa shape index (κ2) is 8.59. The van der Waals surface area contributed by atoms with Crippen molar-refractivity contribution in [2.24, 2.45) is 0 Å². The minimum Gasteiger partial charge on any atom is -0.493 e. The smallest absolute Gasteiger partial charge is 0.268 e. The maximum atomic E-state index is 12.1. The SMILES string of the molecule is CCCCOc1c(I)cc(-c2c(C#N)c(N)[nH]c(=O)c2C#N)cc1OC. The standard InChI is InChI=1S/C18H17IN4O3/c1-3-4-5-26-16-13(19)6-10(7-14(16)25-2)15-11(8-20)17(22)23-18(24)12(15)9-21/h6-7H,3-5H2,1-2H3,(H3,22,23,24). The molecule has 0 amide bonds. The highest BCUT2D eigenvalue weighted by molar-refractivity contribution is 14.1. The third kappa shape index (κ3) is 3.75. The van der Waals surface area contributed by atoms with Gasteiger partial charge in [-0.3, -0.25) is 4.79 Å². The quantitative estimate of drug-likeness (QED) is 0.500. The average Bonchev–Trinajstić information content (AvgIpc) is 2.62. The predicted octanol–water partition coefficient (Wildman–Crippen LogP) is 3.16. The minimum absolute atomic E-state index is 0.0404. The normalized spacial score (nSPS) is 10.0. The summed E-state index contributed by atoms with van der Waals surface area (Å²) in [6.07, 6.45) is 1.91. The molecule has 0 saturated heterocycles. The fourth-order valence-corrected chi connectivity index (χ4v) is 3.21. The molecule has 7 nitrogen and oxygen atoms in total. The van der Waals surface area contributed by atoms with Gasteiger partial charge in [0, 0.05) is 5.56 Å². The number of aromatic amines is 1. The first-order valence-corrected chi connectivity index (χ1v) is 8.92. The summed E-state index contributed by atoms with van der Waals surface area (Å²) in [5.74, 6) is 0.957. The lowest BCUT2D eigenvalue weighted by Gasteiger charge is -2.15. The van der Waals surface area contributed by atoms with Crippen LogP contribution in [0.4, 0.5) is 5.82 Å². The van der Waals surface area contributed by atoms with Crippen molar-refractivity contribution >= 4 is 28.4 Å². The van der Waals surface area contributed by atoms with E-state index in [9.17, 15) is 15.3 Å². The van der Waals surface area contributed by atoms with E-state index in [2.05, 4.69) is 34.5 Å². The first-order valence-electron chi connectivity index (χ1n) is 7.85. The molecule has 0 atom stereocenters. The second-order valence-corrected chi connectivity index (χ2v) is 6.57. The molecule has 26 heavy (non-hydrogen) atoms. The second-order valence-electron chi connectivity index (χ2n) is 5.41. The number of nitrogens with zero attached hydrogens (tertiary/aromatic N) is 2. The Morgan fingerprint density at radius 1 is 1.27 bits per heavy atom. The average molecular weight is 464 g/mol. The number of hydrogen-bond donors (Lipinski definition) is 2. The fraction of sp³-hybridized carbons (Fsp3) is 0.278. The summed E-state index contributed by atoms with van der Waals surface area (Å²) < 4.78 is 11.9. The van der Waals surface area contributed by atoms with E-state index in [4.69, 9.17) is 15.2 Å². The number of nitrogen functional groups attached to an aromatic ring is 1. The molecule has 2 rings (SSSR count). The van der Waals surface area contributed by atoms with Crippen molar-refractivity contribution in [3.63, 3.8) is 0 Å². The van der Waals surface area contributed by atoms with Crippen LogP contribution in [0.1, 0.15) is 30.9 Å². The molecule has 1 heterocycles. The summed E-state index contributed by atoms with van der Waals surface area (Å²) in [5, 5.41) is 18.8. The summed E-state index contributed by atoms with van der Waals surface area (Å²) in [6, 6.07) is 7.18. The van der Waals surface area contributed by atoms with Crippen LogP contribution >= 0.6 is 22.6 Å². The van der Waals surface area contributed by atoms with E-state index in [0.29, 0.717) is 23.7 Å². The Morgan fingerprint density at radius 3 is 2.54 bits per heavy atom. The number of halogens is 1. The first-order chi connectivity index (χ1) is 12.5. The molecule has 8 heteroatoms. The van der Waals surface area contributed by atoms with Crippen molar-refractivity contribution in [1.29, 1.82) is 10.5 Å². The number of nitrogens with one attached hydrogen (secondary N) is 1. The number of H-pyrrole nitrogens is 1. The maximum absolute atomic E-state index is 12.1. The van der Waals surface area contributed by atoms with Crippen molar-refractivity contribution in [2.75, 3.05) is 19.5 Å². The van der Waals surface area contributed by atoms with E-state index in [1.54, 1.807) is 12.1 Å². The van der Waals surface area contributed by atoms with Gasteiger partial charge in [0.1, 0.15) is 29.1 Å². The van der Waals surface area contributed by atoms with Crippen LogP contribution in [0.5, 0.6) is 11.5 Å². The number of benzene rings is 1. The molecule has 0 saturated carbocycles. The van der Waals surface area contributed by atoms with Gasteiger partial charge in [-0.1, -0.05) is 13.3 Å². The molecule has 0 aliphatic heterocycles. The van der Waals surface area contributed by atoms with Crippen molar-refractivity contribution in [2.45, 2.75) is 19.8 Å². The fourth-order valence-electron chi connectivity index (χ4n) is 2.45. The number of anilines is 1. The Bertz CT molecular complexity index is 970. The van der Waals surface area contributed by atoms with Gasteiger partial charge in [-0.25, -0.2) is 0 Å². The van der Waals surface area contributed by atoms with Crippen LogP contribution in [0.3, 0.4) is 0 Å². The van der Waals surface area contributed by atoms with E-state index in [0.717, 1.165) is 16.4 Å². The summed E-state index contributed by atoms with van der Waals surface area (Å²) in [4.78, 5) is 14.4. The molecule has 1 aromatic carbocycles. The number of hydrogen-bond acceptors (Lipinski definition) is 6. The van der Waals surface area contributed by atoms with Gasteiger partial charge in [0.15, 0.2) is 11.5 Å². The summed E-state index contributed by atoms with van der Waals surface area (Å²) in [7, 11) is 1.50. The van der Waals surface area contributed by atoms with E-state index in [1.165, 1.54) is 7.11 Å². The van der Waals surface area contributed by atoms with Gasteiger partial charge in [-0.2, -0.15) is 10.5 Å². The van der Waals surface area contributed by atoms with Gasteiger partial charge in [0.2, 0.25) is 0 Å². The van der Waals surface area contributed by atoms with E-state index in [1.807, 2.05) is 12.1 Å². The minimum atomic E-state index is -0.642. The summed E-state index contributed by atoms with van der Waals surface area (Å²) in [5.41, 5.74) is 5.67. The number of rotatable bonds is 6. The Labute approximate surface area is 164 Å². The maximum Gasteiger partial charge on any atom is 0.268 e. The Kier molecular flexibility index (Phi) is 6.47. The Balaban J connectivity index is 2.72. The lowest BCUT2D eigenvalue weighted by Crippen LogP contribution is -2.16. The van der Waals surface area contributed by atoms with Crippen LogP contribution in [0.15, 0.2) is 16.9 Å². The van der Waals surface area contributed by atoms with Gasteiger partial charge < -0.3 is 20.2 Å². The van der Waals surface area contributed by atoms with Crippen LogP contribution in [-0.2, 0) is 0 Å². The third-order valence-corrected chi connectivity index (χ3v) is 4.53. The molecule has 0 bridgehead atoms. The highest BCUT2D eigenvalue weighted by Gasteiger charge is 2.21. The topological polar surface area (TPSA) is 125 Å². The van der Waals surface area contributed by atoms with Gasteiger partial charge in [0.05, 0.1) is 17.3 Å². The monoisotopic (exact) mass is 464 g/mol. The third-order valence-electron chi connectivity index (χ3n) is 3.73. The van der Waals surface area contributed by atoms with Crippen LogP contribution < -0.4 is 20.8 Å². The molecular weight excluding hydrogens is 447 g/mol. The molecule has 0 unspecified atom stereocenters. The van der Waals surface area contributed by atoms with E-state index in [-0.39, 0.29) is 22.5 Å². The summed E-state index contributed by atoms with van der Waals surface area (Å²) >= 11 is 2.09. The molecule has 0 aliphatic rings. The number of nitrogens with two attached hydrogens (primary N) is 1. The van der Waals surface area contributed by atoms with Crippen LogP contribution in [-0.4, -0.2) is 18.7 Å². The molecule has 0 spiro atoms. The van der Waals surface area contributed by atoms with Crippen LogP contribution in [0.2, 0.25) is 0 Å². The molecule has 0 aliphatic carbocycles. The number of nitriles is 2. The largest absolute Gasteiger partial charge is 0.493 e. The van der Waals surface area contributed by atoms with Crippen molar-refractivity contribution in [1.82, 2.24) is 4.98 Å². The van der Waals surface area contributed by atoms with Crippen LogP contribution in [0.25, 0.3) is 11.1 Å². The lowest BCUT2D eigenvalue weighted by atomic mass is 9.96. The van der Waals surface area contributed by atoms with Crippen molar-refractivity contribution in [3.05, 3.63) is 37.2 Å². The number of ether oxygens (including phenoxy) is 2. The van der Waals surface area contributed by atoms with Crippen molar-refractivity contribution in [3.8, 4) is 34.8 Å². The van der Waals surface area contributed by atoms with Crippen molar-refractivity contribution < 1.29 is 9.47 Å². The molecular formula is C18H17IN4O3. The number of pyridine rings is 1. The van der Waals surface area contributed by atoms with Gasteiger partial charge in [0.25, 0.3) is 5.56 Å². The van der Waals surface area contributed by atoms with Gasteiger partial charge >= 0.3 is 0 Å². The van der Waals surface area contributed by atoms with Gasteiger partial charge in [-0.05, 0) is 46.7 Å². The Morgan fingerprint density at radius 2 is 1.96 bits per heavy atom.